The van der Waals surface area contributed by atoms with Crippen molar-refractivity contribution in [3.8, 4) is 0 Å². The maximum absolute atomic E-state index is 12.2. The number of rotatable bonds is 4. The molecule has 0 aliphatic rings. The van der Waals surface area contributed by atoms with Crippen LogP contribution in [0.15, 0.2) is 24.3 Å². The third-order valence-electron chi connectivity index (χ3n) is 2.34. The average Bonchev–Trinajstić information content (AvgIpc) is 2.26. The molecule has 1 rings (SSSR count). The van der Waals surface area contributed by atoms with Gasteiger partial charge < -0.3 is 10.5 Å². The first kappa shape index (κ1) is 15.8. The third-order valence-corrected chi connectivity index (χ3v) is 2.34. The molecule has 0 saturated heterocycles. The fraction of sp³-hybridized carbons (Fsp3) is 0.455. The van der Waals surface area contributed by atoms with E-state index in [-0.39, 0.29) is 12.1 Å². The first-order chi connectivity index (χ1) is 8.66. The van der Waals surface area contributed by atoms with Crippen LogP contribution in [0.2, 0.25) is 0 Å². The minimum Gasteiger partial charge on any atom is -0.356 e. The summed E-state index contributed by atoms with van der Waals surface area (Å²) < 4.78 is 77.4. The van der Waals surface area contributed by atoms with E-state index in [0.717, 1.165) is 0 Å². The predicted octanol–water partition coefficient (Wildman–Crippen LogP) is 3.16. The Labute approximate surface area is 105 Å². The Kier molecular flexibility index (Phi) is 4.81. The van der Waals surface area contributed by atoms with Crippen LogP contribution in [0, 0.1) is 0 Å². The first-order valence-electron chi connectivity index (χ1n) is 5.18. The SMILES string of the molecule is NCc1ccccc1COC(C(F)(F)F)C(F)(F)F. The largest absolute Gasteiger partial charge is 0.423 e. The summed E-state index contributed by atoms with van der Waals surface area (Å²) in [6, 6.07) is 5.94. The number of hydrogen-bond donors (Lipinski definition) is 1. The molecule has 0 fully saturated rings. The van der Waals surface area contributed by atoms with E-state index in [1.165, 1.54) is 18.2 Å². The average molecular weight is 287 g/mol. The van der Waals surface area contributed by atoms with Gasteiger partial charge in [-0.2, -0.15) is 26.3 Å². The van der Waals surface area contributed by atoms with E-state index in [4.69, 9.17) is 5.73 Å². The topological polar surface area (TPSA) is 35.2 Å². The zero-order valence-corrected chi connectivity index (χ0v) is 9.55. The van der Waals surface area contributed by atoms with Crippen LogP contribution in [0.25, 0.3) is 0 Å². The standard InChI is InChI=1S/C11H11F6NO/c12-10(13,14)9(11(15,16)17)19-6-8-4-2-1-3-7(8)5-18/h1-4,9H,5-6,18H2. The van der Waals surface area contributed by atoms with Gasteiger partial charge in [-0.05, 0) is 11.1 Å². The number of hydrogen-bond acceptors (Lipinski definition) is 2. The Hall–Kier alpha value is -1.28. The highest BCUT2D eigenvalue weighted by molar-refractivity contribution is 5.26. The van der Waals surface area contributed by atoms with Gasteiger partial charge >= 0.3 is 12.4 Å². The van der Waals surface area contributed by atoms with Crippen molar-refractivity contribution in [3.63, 3.8) is 0 Å². The van der Waals surface area contributed by atoms with Crippen molar-refractivity contribution in [2.24, 2.45) is 5.73 Å². The molecule has 0 amide bonds. The van der Waals surface area contributed by atoms with Crippen LogP contribution in [0.1, 0.15) is 11.1 Å². The Morgan fingerprint density at radius 2 is 1.42 bits per heavy atom. The normalized spacial score (nSPS) is 13.1. The van der Waals surface area contributed by atoms with Crippen LogP contribution in [0.4, 0.5) is 26.3 Å². The second kappa shape index (κ2) is 5.79. The molecule has 1 aromatic carbocycles. The Morgan fingerprint density at radius 1 is 0.947 bits per heavy atom. The Bertz CT molecular complexity index is 400. The van der Waals surface area contributed by atoms with Crippen LogP contribution in [0.5, 0.6) is 0 Å². The van der Waals surface area contributed by atoms with Gasteiger partial charge in [-0.3, -0.25) is 0 Å². The van der Waals surface area contributed by atoms with Crippen LogP contribution in [-0.2, 0) is 17.9 Å². The van der Waals surface area contributed by atoms with Crippen molar-refractivity contribution >= 4 is 0 Å². The molecule has 0 aromatic heterocycles. The summed E-state index contributed by atoms with van der Waals surface area (Å²) in [6.07, 6.45) is -14.8. The van der Waals surface area contributed by atoms with E-state index in [1.54, 1.807) is 6.07 Å². The Morgan fingerprint density at radius 3 is 1.84 bits per heavy atom. The number of nitrogens with two attached hydrogens (primary N) is 1. The minimum atomic E-state index is -5.50. The first-order valence-corrected chi connectivity index (χ1v) is 5.18. The highest BCUT2D eigenvalue weighted by Gasteiger charge is 2.57. The molecular weight excluding hydrogens is 276 g/mol. The van der Waals surface area contributed by atoms with Crippen molar-refractivity contribution < 1.29 is 31.1 Å². The van der Waals surface area contributed by atoms with Gasteiger partial charge in [-0.25, -0.2) is 0 Å². The fourth-order valence-corrected chi connectivity index (χ4v) is 1.45. The lowest BCUT2D eigenvalue weighted by molar-refractivity contribution is -0.324. The van der Waals surface area contributed by atoms with Crippen LogP contribution >= 0.6 is 0 Å². The van der Waals surface area contributed by atoms with Gasteiger partial charge in [0.15, 0.2) is 0 Å². The minimum absolute atomic E-state index is 0.00222. The van der Waals surface area contributed by atoms with Crippen molar-refractivity contribution in [1.29, 1.82) is 0 Å². The molecule has 1 aromatic rings. The summed E-state index contributed by atoms with van der Waals surface area (Å²) in [5.74, 6) is 0. The summed E-state index contributed by atoms with van der Waals surface area (Å²) in [6.45, 7) is -0.806. The molecule has 0 heterocycles. The van der Waals surface area contributed by atoms with Crippen LogP contribution in [0.3, 0.4) is 0 Å². The molecule has 0 saturated carbocycles. The lowest BCUT2D eigenvalue weighted by atomic mass is 10.1. The lowest BCUT2D eigenvalue weighted by Crippen LogP contribution is -2.44. The predicted molar refractivity (Wildman–Crippen MR) is 55.0 cm³/mol. The molecule has 108 valence electrons. The molecule has 19 heavy (non-hydrogen) atoms. The van der Waals surface area contributed by atoms with Gasteiger partial charge in [0.2, 0.25) is 6.10 Å². The van der Waals surface area contributed by atoms with E-state index < -0.39 is 25.1 Å². The van der Waals surface area contributed by atoms with E-state index in [9.17, 15) is 26.3 Å². The van der Waals surface area contributed by atoms with E-state index in [2.05, 4.69) is 4.74 Å². The quantitative estimate of drug-likeness (QED) is 0.863. The van der Waals surface area contributed by atoms with Crippen molar-refractivity contribution in [3.05, 3.63) is 35.4 Å². The van der Waals surface area contributed by atoms with Crippen molar-refractivity contribution in [2.45, 2.75) is 31.6 Å². The van der Waals surface area contributed by atoms with Gasteiger partial charge in [0.25, 0.3) is 0 Å². The van der Waals surface area contributed by atoms with Crippen molar-refractivity contribution in [2.75, 3.05) is 0 Å². The van der Waals surface area contributed by atoms with Crippen molar-refractivity contribution in [1.82, 2.24) is 0 Å². The molecule has 8 heteroatoms. The lowest BCUT2D eigenvalue weighted by Gasteiger charge is -2.23. The van der Waals surface area contributed by atoms with Gasteiger partial charge in [-0.15, -0.1) is 0 Å². The fourth-order valence-electron chi connectivity index (χ4n) is 1.45. The number of benzene rings is 1. The molecule has 0 unspecified atom stereocenters. The molecule has 0 spiro atoms. The summed E-state index contributed by atoms with van der Waals surface area (Å²) in [5.41, 5.74) is 5.96. The zero-order chi connectivity index (χ0) is 14.7. The summed E-state index contributed by atoms with van der Waals surface area (Å²) in [4.78, 5) is 0. The van der Waals surface area contributed by atoms with Gasteiger partial charge in [-0.1, -0.05) is 24.3 Å². The summed E-state index contributed by atoms with van der Waals surface area (Å²) in [5, 5.41) is 0. The number of halogens is 6. The molecule has 0 atom stereocenters. The highest BCUT2D eigenvalue weighted by Crippen LogP contribution is 2.36. The van der Waals surface area contributed by atoms with E-state index in [1.807, 2.05) is 0 Å². The molecule has 0 aliphatic heterocycles. The molecule has 2 N–H and O–H groups in total. The molecule has 0 radical (unpaired) electrons. The molecule has 0 bridgehead atoms. The summed E-state index contributed by atoms with van der Waals surface area (Å²) in [7, 11) is 0. The Balaban J connectivity index is 2.83. The van der Waals surface area contributed by atoms with Gasteiger partial charge in [0.1, 0.15) is 0 Å². The molecule has 2 nitrogen and oxygen atoms in total. The second-order valence-electron chi connectivity index (χ2n) is 3.75. The van der Waals surface area contributed by atoms with Crippen LogP contribution < -0.4 is 5.73 Å². The van der Waals surface area contributed by atoms with Gasteiger partial charge in [0.05, 0.1) is 6.61 Å². The second-order valence-corrected chi connectivity index (χ2v) is 3.75. The smallest absolute Gasteiger partial charge is 0.356 e. The zero-order valence-electron chi connectivity index (χ0n) is 9.55. The maximum Gasteiger partial charge on any atom is 0.423 e. The maximum atomic E-state index is 12.2. The highest BCUT2D eigenvalue weighted by atomic mass is 19.4. The molecule has 0 aliphatic carbocycles. The summed E-state index contributed by atoms with van der Waals surface area (Å²) >= 11 is 0. The van der Waals surface area contributed by atoms with Crippen LogP contribution in [-0.4, -0.2) is 18.5 Å². The third kappa shape index (κ3) is 4.39. The van der Waals surface area contributed by atoms with E-state index in [0.29, 0.717) is 5.56 Å². The van der Waals surface area contributed by atoms with E-state index >= 15 is 0 Å². The molecular formula is C11H11F6NO. The van der Waals surface area contributed by atoms with Gasteiger partial charge in [0, 0.05) is 6.54 Å². The number of alkyl halides is 6. The number of ether oxygens (including phenoxy) is 1. The monoisotopic (exact) mass is 287 g/mol.